The summed E-state index contributed by atoms with van der Waals surface area (Å²) in [5, 5.41) is 23.1. The van der Waals surface area contributed by atoms with Gasteiger partial charge < -0.3 is 20.3 Å². The fraction of sp³-hybridized carbons (Fsp3) is 0.848. The highest BCUT2D eigenvalue weighted by molar-refractivity contribution is 5.76. The highest BCUT2D eigenvalue weighted by Crippen LogP contribution is 2.17. The highest BCUT2D eigenvalue weighted by Gasteiger charge is 2.18. The van der Waals surface area contributed by atoms with Crippen LogP contribution in [0.4, 0.5) is 0 Å². The predicted molar refractivity (Wildman–Crippen MR) is 315 cm³/mol. The van der Waals surface area contributed by atoms with E-state index in [9.17, 15) is 19.8 Å². The maximum Gasteiger partial charge on any atom is 0.305 e. The molecule has 0 aromatic heterocycles. The molecular formula is C66H123NO5. The Morgan fingerprint density at radius 2 is 0.694 bits per heavy atom. The summed E-state index contributed by atoms with van der Waals surface area (Å²) in [5.41, 5.74) is 0. The number of aliphatic hydroxyl groups is 2. The minimum atomic E-state index is -0.843. The third-order valence-corrected chi connectivity index (χ3v) is 14.6. The molecule has 422 valence electrons. The molecule has 6 nitrogen and oxygen atoms in total. The van der Waals surface area contributed by atoms with Gasteiger partial charge in [-0.2, -0.15) is 0 Å². The quantitative estimate of drug-likeness (QED) is 0.0320. The molecule has 0 bridgehead atoms. The summed E-state index contributed by atoms with van der Waals surface area (Å²) >= 11 is 0. The number of carbonyl (C=O) groups excluding carboxylic acids is 2. The average Bonchev–Trinajstić information content (AvgIpc) is 3.38. The maximum absolute atomic E-state index is 12.4. The molecule has 0 radical (unpaired) electrons. The number of rotatable bonds is 59. The van der Waals surface area contributed by atoms with Gasteiger partial charge in [-0.05, 0) is 89.9 Å². The van der Waals surface area contributed by atoms with E-state index < -0.39 is 12.1 Å². The van der Waals surface area contributed by atoms with Crippen LogP contribution in [0.2, 0.25) is 0 Å². The van der Waals surface area contributed by atoms with E-state index in [1.807, 2.05) is 6.08 Å². The van der Waals surface area contributed by atoms with Crippen LogP contribution in [0.3, 0.4) is 0 Å². The summed E-state index contributed by atoms with van der Waals surface area (Å²) in [6.45, 7) is 4.87. The molecular weight excluding hydrogens is 887 g/mol. The summed E-state index contributed by atoms with van der Waals surface area (Å²) in [6.07, 6.45) is 78.8. The van der Waals surface area contributed by atoms with Crippen molar-refractivity contribution in [3.8, 4) is 0 Å². The standard InChI is InChI=1S/C66H123NO5/c1-3-5-7-9-11-13-15-38-42-46-50-54-58-64(69)63(62-68)67-65(70)59-55-51-47-43-39-36-34-32-30-28-26-24-22-20-18-17-19-21-23-25-27-29-31-33-35-37-41-45-49-53-57-61-72-66(71)60-56-52-48-44-40-16-14-12-10-8-6-4-2/h12,14,19,21,25,27,54,58,63-64,68-69H,3-11,13,15-18,20,22-24,26,28-53,55-57,59-62H2,1-2H3,(H,67,70)/b14-12-,21-19-,27-25-,58-54+. The number of unbranched alkanes of at least 4 members (excludes halogenated alkanes) is 42. The number of esters is 1. The zero-order valence-corrected chi connectivity index (χ0v) is 48.2. The topological polar surface area (TPSA) is 95.9 Å². The van der Waals surface area contributed by atoms with E-state index in [-0.39, 0.29) is 18.5 Å². The Balaban J connectivity index is 3.40. The Hall–Kier alpha value is -2.18. The van der Waals surface area contributed by atoms with Crippen LogP contribution in [0.25, 0.3) is 0 Å². The van der Waals surface area contributed by atoms with Crippen molar-refractivity contribution in [1.29, 1.82) is 0 Å². The molecule has 0 saturated heterocycles. The molecule has 2 unspecified atom stereocenters. The SMILES string of the molecule is CCCCC/C=C\CCCCCCCC(=O)OCCCCCCCCCCC/C=C\C/C=C\CCCCCCCCCCCCCCCCCC(=O)NC(CO)C(O)/C=C/CCCCCCCCCCCC. The van der Waals surface area contributed by atoms with Gasteiger partial charge in [0, 0.05) is 12.8 Å². The normalized spacial score (nSPS) is 12.9. The molecule has 0 fully saturated rings. The number of carbonyl (C=O) groups is 2. The van der Waals surface area contributed by atoms with Crippen molar-refractivity contribution in [3.05, 3.63) is 48.6 Å². The van der Waals surface area contributed by atoms with Gasteiger partial charge in [0.2, 0.25) is 5.91 Å². The second-order valence-corrected chi connectivity index (χ2v) is 21.7. The number of hydrogen-bond acceptors (Lipinski definition) is 5. The number of ether oxygens (including phenoxy) is 1. The lowest BCUT2D eigenvalue weighted by Crippen LogP contribution is -2.45. The fourth-order valence-corrected chi connectivity index (χ4v) is 9.66. The van der Waals surface area contributed by atoms with Crippen LogP contribution in [0, 0.1) is 0 Å². The Morgan fingerprint density at radius 1 is 0.389 bits per heavy atom. The Bertz CT molecular complexity index is 1210. The average molecular weight is 1010 g/mol. The van der Waals surface area contributed by atoms with Gasteiger partial charge in [0.05, 0.1) is 25.4 Å². The molecule has 0 aliphatic rings. The molecule has 0 aliphatic heterocycles. The summed E-state index contributed by atoms with van der Waals surface area (Å²) < 4.78 is 5.46. The summed E-state index contributed by atoms with van der Waals surface area (Å²) in [7, 11) is 0. The van der Waals surface area contributed by atoms with Gasteiger partial charge >= 0.3 is 5.97 Å². The first-order chi connectivity index (χ1) is 35.5. The minimum Gasteiger partial charge on any atom is -0.466 e. The molecule has 1 amide bonds. The van der Waals surface area contributed by atoms with Crippen molar-refractivity contribution in [2.24, 2.45) is 0 Å². The Labute approximate surface area is 448 Å². The van der Waals surface area contributed by atoms with Crippen LogP contribution < -0.4 is 5.32 Å². The van der Waals surface area contributed by atoms with Crippen molar-refractivity contribution >= 4 is 11.9 Å². The predicted octanol–water partition coefficient (Wildman–Crippen LogP) is 20.1. The maximum atomic E-state index is 12.4. The van der Waals surface area contributed by atoms with Crippen molar-refractivity contribution in [2.45, 2.75) is 347 Å². The first-order valence-corrected chi connectivity index (χ1v) is 31.9. The van der Waals surface area contributed by atoms with Crippen molar-refractivity contribution < 1.29 is 24.5 Å². The van der Waals surface area contributed by atoms with E-state index >= 15 is 0 Å². The number of aliphatic hydroxyl groups excluding tert-OH is 2. The van der Waals surface area contributed by atoms with Crippen LogP contribution in [0.15, 0.2) is 48.6 Å². The summed E-state index contributed by atoms with van der Waals surface area (Å²) in [5.74, 6) is -0.0653. The van der Waals surface area contributed by atoms with E-state index in [0.717, 1.165) is 51.4 Å². The zero-order valence-electron chi connectivity index (χ0n) is 48.2. The van der Waals surface area contributed by atoms with E-state index in [4.69, 9.17) is 4.74 Å². The molecule has 0 spiro atoms. The lowest BCUT2D eigenvalue weighted by Gasteiger charge is -2.20. The van der Waals surface area contributed by atoms with Crippen LogP contribution in [-0.4, -0.2) is 47.4 Å². The Kier molecular flexibility index (Phi) is 59.5. The lowest BCUT2D eigenvalue weighted by molar-refractivity contribution is -0.143. The van der Waals surface area contributed by atoms with E-state index in [1.165, 1.54) is 257 Å². The van der Waals surface area contributed by atoms with Gasteiger partial charge in [-0.25, -0.2) is 0 Å². The van der Waals surface area contributed by atoms with E-state index in [1.54, 1.807) is 6.08 Å². The second kappa shape index (κ2) is 61.4. The van der Waals surface area contributed by atoms with Gasteiger partial charge in [0.15, 0.2) is 0 Å². The van der Waals surface area contributed by atoms with Gasteiger partial charge in [-0.1, -0.05) is 281 Å². The molecule has 0 aromatic carbocycles. The molecule has 6 heteroatoms. The summed E-state index contributed by atoms with van der Waals surface area (Å²) in [4.78, 5) is 24.4. The van der Waals surface area contributed by atoms with Gasteiger partial charge in [-0.15, -0.1) is 0 Å². The van der Waals surface area contributed by atoms with Crippen LogP contribution >= 0.6 is 0 Å². The van der Waals surface area contributed by atoms with Gasteiger partial charge in [0.25, 0.3) is 0 Å². The second-order valence-electron chi connectivity index (χ2n) is 21.7. The highest BCUT2D eigenvalue weighted by atomic mass is 16.5. The van der Waals surface area contributed by atoms with Gasteiger partial charge in [-0.3, -0.25) is 9.59 Å². The number of allylic oxidation sites excluding steroid dienone is 7. The molecule has 0 aliphatic carbocycles. The third-order valence-electron chi connectivity index (χ3n) is 14.6. The van der Waals surface area contributed by atoms with Crippen LogP contribution in [0.1, 0.15) is 335 Å². The first-order valence-electron chi connectivity index (χ1n) is 31.9. The van der Waals surface area contributed by atoms with Gasteiger partial charge in [0.1, 0.15) is 0 Å². The van der Waals surface area contributed by atoms with E-state index in [2.05, 4.69) is 55.6 Å². The minimum absolute atomic E-state index is 0.00238. The number of amides is 1. The first kappa shape index (κ1) is 69.8. The molecule has 72 heavy (non-hydrogen) atoms. The molecule has 0 saturated carbocycles. The molecule has 0 heterocycles. The monoisotopic (exact) mass is 1010 g/mol. The number of hydrogen-bond donors (Lipinski definition) is 3. The van der Waals surface area contributed by atoms with Crippen molar-refractivity contribution in [1.82, 2.24) is 5.32 Å². The summed E-state index contributed by atoms with van der Waals surface area (Å²) in [6, 6.07) is -0.627. The smallest absolute Gasteiger partial charge is 0.305 e. The molecule has 2 atom stereocenters. The number of nitrogens with one attached hydrogen (secondary N) is 1. The molecule has 3 N–H and O–H groups in total. The van der Waals surface area contributed by atoms with Crippen LogP contribution in [-0.2, 0) is 14.3 Å². The van der Waals surface area contributed by atoms with E-state index in [0.29, 0.717) is 19.4 Å². The Morgan fingerprint density at radius 3 is 1.10 bits per heavy atom. The third kappa shape index (κ3) is 57.1. The van der Waals surface area contributed by atoms with Crippen molar-refractivity contribution in [3.63, 3.8) is 0 Å². The fourth-order valence-electron chi connectivity index (χ4n) is 9.66. The molecule has 0 aromatic rings. The largest absolute Gasteiger partial charge is 0.466 e. The van der Waals surface area contributed by atoms with Crippen LogP contribution in [0.5, 0.6) is 0 Å². The molecule has 0 rings (SSSR count). The van der Waals surface area contributed by atoms with Crippen molar-refractivity contribution in [2.75, 3.05) is 13.2 Å². The zero-order chi connectivity index (χ0) is 52.2. The lowest BCUT2D eigenvalue weighted by atomic mass is 10.0.